The van der Waals surface area contributed by atoms with Crippen LogP contribution in [0.5, 0.6) is 0 Å². The van der Waals surface area contributed by atoms with Crippen LogP contribution >= 0.6 is 0 Å². The zero-order chi connectivity index (χ0) is 9.73. The normalized spacial score (nSPS) is 14.9. The van der Waals surface area contributed by atoms with Crippen LogP contribution in [0.15, 0.2) is 43.0 Å². The molecule has 1 aromatic rings. The summed E-state index contributed by atoms with van der Waals surface area (Å²) in [5, 5.41) is 3.19. The molecule has 1 rings (SSSR count). The number of likely N-dealkylation sites (N-methyl/N-ethyl adjacent to an activating group) is 1. The largest absolute Gasteiger partial charge is 0.319 e. The fourth-order valence-corrected chi connectivity index (χ4v) is 1.48. The molecule has 0 aliphatic carbocycles. The van der Waals surface area contributed by atoms with Crippen molar-refractivity contribution in [2.24, 2.45) is 0 Å². The van der Waals surface area contributed by atoms with Crippen LogP contribution in [0.1, 0.15) is 12.5 Å². The summed E-state index contributed by atoms with van der Waals surface area (Å²) in [4.78, 5) is 0. The van der Waals surface area contributed by atoms with Gasteiger partial charge >= 0.3 is 0 Å². The lowest BCUT2D eigenvalue weighted by atomic mass is 9.83. The molecule has 0 saturated carbocycles. The van der Waals surface area contributed by atoms with Crippen LogP contribution in [0.2, 0.25) is 0 Å². The van der Waals surface area contributed by atoms with Crippen molar-refractivity contribution in [3.8, 4) is 0 Å². The molecule has 0 aromatic heterocycles. The van der Waals surface area contributed by atoms with E-state index in [1.807, 2.05) is 19.2 Å². The van der Waals surface area contributed by atoms with Crippen molar-refractivity contribution in [2.75, 3.05) is 13.6 Å². The summed E-state index contributed by atoms with van der Waals surface area (Å²) < 4.78 is 0. The van der Waals surface area contributed by atoms with Crippen molar-refractivity contribution in [1.82, 2.24) is 5.32 Å². The molecule has 0 heterocycles. The minimum atomic E-state index is 0.0377. The molecule has 0 unspecified atom stereocenters. The summed E-state index contributed by atoms with van der Waals surface area (Å²) in [6.45, 7) is 6.99. The minimum Gasteiger partial charge on any atom is -0.319 e. The first-order valence-electron chi connectivity index (χ1n) is 4.56. The molecular weight excluding hydrogens is 158 g/mol. The van der Waals surface area contributed by atoms with Gasteiger partial charge in [-0.1, -0.05) is 43.3 Å². The molecule has 1 nitrogen and oxygen atoms in total. The van der Waals surface area contributed by atoms with E-state index in [4.69, 9.17) is 0 Å². The summed E-state index contributed by atoms with van der Waals surface area (Å²) >= 11 is 0. The average Bonchev–Trinajstić information content (AvgIpc) is 2.19. The van der Waals surface area contributed by atoms with E-state index in [-0.39, 0.29) is 5.41 Å². The second-order valence-corrected chi connectivity index (χ2v) is 3.52. The van der Waals surface area contributed by atoms with Crippen molar-refractivity contribution in [1.29, 1.82) is 0 Å². The lowest BCUT2D eigenvalue weighted by molar-refractivity contribution is 0.552. The molecule has 0 amide bonds. The first kappa shape index (κ1) is 10.0. The smallest absolute Gasteiger partial charge is 0.0226 e. The van der Waals surface area contributed by atoms with Gasteiger partial charge in [-0.05, 0) is 12.6 Å². The SMILES string of the molecule is C=C[C@](C)(CNC)c1ccccc1. The third kappa shape index (κ3) is 2.19. The highest BCUT2D eigenvalue weighted by Crippen LogP contribution is 2.23. The molecule has 0 fully saturated rings. The Morgan fingerprint density at radius 3 is 2.46 bits per heavy atom. The molecule has 70 valence electrons. The van der Waals surface area contributed by atoms with Gasteiger partial charge in [0, 0.05) is 12.0 Å². The summed E-state index contributed by atoms with van der Waals surface area (Å²) in [7, 11) is 1.96. The van der Waals surface area contributed by atoms with Gasteiger partial charge < -0.3 is 5.32 Å². The third-order valence-corrected chi connectivity index (χ3v) is 2.43. The van der Waals surface area contributed by atoms with E-state index in [2.05, 4.69) is 43.1 Å². The number of rotatable bonds is 4. The fourth-order valence-electron chi connectivity index (χ4n) is 1.48. The van der Waals surface area contributed by atoms with Crippen LogP contribution in [0, 0.1) is 0 Å². The third-order valence-electron chi connectivity index (χ3n) is 2.43. The number of hydrogen-bond donors (Lipinski definition) is 1. The van der Waals surface area contributed by atoms with Crippen molar-refractivity contribution in [3.05, 3.63) is 48.6 Å². The van der Waals surface area contributed by atoms with Crippen molar-refractivity contribution < 1.29 is 0 Å². The van der Waals surface area contributed by atoms with E-state index >= 15 is 0 Å². The summed E-state index contributed by atoms with van der Waals surface area (Å²) in [5.74, 6) is 0. The maximum Gasteiger partial charge on any atom is 0.0226 e. The van der Waals surface area contributed by atoms with Crippen molar-refractivity contribution in [3.63, 3.8) is 0 Å². The molecule has 0 saturated heterocycles. The molecule has 1 atom stereocenters. The van der Waals surface area contributed by atoms with E-state index in [1.54, 1.807) is 0 Å². The van der Waals surface area contributed by atoms with Gasteiger partial charge in [0.2, 0.25) is 0 Å². The lowest BCUT2D eigenvalue weighted by Gasteiger charge is -2.25. The highest BCUT2D eigenvalue weighted by atomic mass is 14.8. The van der Waals surface area contributed by atoms with Gasteiger partial charge in [-0.2, -0.15) is 0 Å². The molecule has 0 radical (unpaired) electrons. The van der Waals surface area contributed by atoms with Gasteiger partial charge in [0.15, 0.2) is 0 Å². The predicted octanol–water partition coefficient (Wildman–Crippen LogP) is 2.35. The standard InChI is InChI=1S/C12H17N/c1-4-12(2,10-13-3)11-8-6-5-7-9-11/h4-9,13H,1,10H2,2-3H3/t12-/m1/s1. The van der Waals surface area contributed by atoms with Crippen molar-refractivity contribution in [2.45, 2.75) is 12.3 Å². The quantitative estimate of drug-likeness (QED) is 0.693. The van der Waals surface area contributed by atoms with Gasteiger partial charge in [0.05, 0.1) is 0 Å². The van der Waals surface area contributed by atoms with Gasteiger partial charge in [-0.15, -0.1) is 6.58 Å². The van der Waals surface area contributed by atoms with Crippen LogP contribution in [0.25, 0.3) is 0 Å². The Morgan fingerprint density at radius 1 is 1.38 bits per heavy atom. The van der Waals surface area contributed by atoms with E-state index < -0.39 is 0 Å². The first-order valence-corrected chi connectivity index (χ1v) is 4.56. The lowest BCUT2D eigenvalue weighted by Crippen LogP contribution is -2.31. The average molecular weight is 175 g/mol. The summed E-state index contributed by atoms with van der Waals surface area (Å²) in [6, 6.07) is 10.4. The second kappa shape index (κ2) is 4.24. The van der Waals surface area contributed by atoms with E-state index in [9.17, 15) is 0 Å². The van der Waals surface area contributed by atoms with Crippen LogP contribution in [-0.4, -0.2) is 13.6 Å². The molecule has 0 aliphatic rings. The van der Waals surface area contributed by atoms with Gasteiger partial charge in [-0.25, -0.2) is 0 Å². The Kier molecular flexibility index (Phi) is 3.26. The van der Waals surface area contributed by atoms with E-state index in [1.165, 1.54) is 5.56 Å². The maximum absolute atomic E-state index is 3.89. The Bertz CT molecular complexity index is 266. The fraction of sp³-hybridized carbons (Fsp3) is 0.333. The topological polar surface area (TPSA) is 12.0 Å². The molecule has 1 aromatic carbocycles. The maximum atomic E-state index is 3.89. The Labute approximate surface area is 80.5 Å². The summed E-state index contributed by atoms with van der Waals surface area (Å²) in [6.07, 6.45) is 2.00. The zero-order valence-electron chi connectivity index (χ0n) is 8.38. The first-order chi connectivity index (χ1) is 6.23. The van der Waals surface area contributed by atoms with Crippen LogP contribution < -0.4 is 5.32 Å². The van der Waals surface area contributed by atoms with Crippen LogP contribution in [-0.2, 0) is 5.41 Å². The monoisotopic (exact) mass is 175 g/mol. The van der Waals surface area contributed by atoms with E-state index in [0.717, 1.165) is 6.54 Å². The second-order valence-electron chi connectivity index (χ2n) is 3.52. The zero-order valence-corrected chi connectivity index (χ0v) is 8.38. The Hall–Kier alpha value is -1.08. The Balaban J connectivity index is 2.95. The summed E-state index contributed by atoms with van der Waals surface area (Å²) in [5.41, 5.74) is 1.34. The molecular formula is C12H17N. The predicted molar refractivity (Wildman–Crippen MR) is 57.9 cm³/mol. The molecule has 13 heavy (non-hydrogen) atoms. The highest BCUT2D eigenvalue weighted by molar-refractivity contribution is 5.29. The molecule has 0 spiro atoms. The number of hydrogen-bond acceptors (Lipinski definition) is 1. The van der Waals surface area contributed by atoms with Gasteiger partial charge in [0.25, 0.3) is 0 Å². The van der Waals surface area contributed by atoms with Crippen molar-refractivity contribution >= 4 is 0 Å². The van der Waals surface area contributed by atoms with E-state index in [0.29, 0.717) is 0 Å². The molecule has 1 N–H and O–H groups in total. The number of nitrogens with one attached hydrogen (secondary N) is 1. The van der Waals surface area contributed by atoms with Crippen LogP contribution in [0.3, 0.4) is 0 Å². The Morgan fingerprint density at radius 2 is 2.00 bits per heavy atom. The highest BCUT2D eigenvalue weighted by Gasteiger charge is 2.20. The molecule has 1 heteroatoms. The molecule has 0 bridgehead atoms. The van der Waals surface area contributed by atoms with Gasteiger partial charge in [0.1, 0.15) is 0 Å². The van der Waals surface area contributed by atoms with Crippen LogP contribution in [0.4, 0.5) is 0 Å². The van der Waals surface area contributed by atoms with Gasteiger partial charge in [-0.3, -0.25) is 0 Å². The number of benzene rings is 1. The minimum absolute atomic E-state index is 0.0377. The molecule has 0 aliphatic heterocycles.